The monoisotopic (exact) mass is 269 g/mol. The van der Waals surface area contributed by atoms with Crippen LogP contribution in [0.25, 0.3) is 0 Å². The molecular formula is C11H12FN3O2S. The number of hydrogen-bond acceptors (Lipinski definition) is 6. The number of aliphatic hydroxyl groups excluding tert-OH is 1. The molecule has 0 saturated carbocycles. The lowest BCUT2D eigenvalue weighted by molar-refractivity contribution is 0.236. The van der Waals surface area contributed by atoms with Crippen LogP contribution in [0.4, 0.5) is 4.39 Å². The molecule has 7 heteroatoms. The Kier molecular flexibility index (Phi) is 4.29. The number of aromatic nitrogens is 2. The lowest BCUT2D eigenvalue weighted by Crippen LogP contribution is -2.14. The quantitative estimate of drug-likeness (QED) is 0.800. The summed E-state index contributed by atoms with van der Waals surface area (Å²) in [6.45, 7) is -0.251. The van der Waals surface area contributed by atoms with E-state index in [-0.39, 0.29) is 18.3 Å². The van der Waals surface area contributed by atoms with Gasteiger partial charge in [-0.15, -0.1) is 11.8 Å². The number of rotatable bonds is 5. The standard InChI is InChI=1S/C11H12FN3O2S/c12-7-2-1-3-8(4-7)18-6-10-14-11(17-15-10)9(13)5-16/h1-4,9,16H,5-6,13H2/t9-/m1/s1. The molecule has 0 amide bonds. The van der Waals surface area contributed by atoms with Crippen molar-refractivity contribution < 1.29 is 14.0 Å². The molecule has 1 heterocycles. The van der Waals surface area contributed by atoms with Crippen LogP contribution in [0.2, 0.25) is 0 Å². The van der Waals surface area contributed by atoms with Crippen LogP contribution in [-0.2, 0) is 5.75 Å². The summed E-state index contributed by atoms with van der Waals surface area (Å²) in [5.41, 5.74) is 5.53. The van der Waals surface area contributed by atoms with E-state index in [0.29, 0.717) is 11.6 Å². The number of hydrogen-bond donors (Lipinski definition) is 2. The van der Waals surface area contributed by atoms with Crippen LogP contribution in [0.5, 0.6) is 0 Å². The number of thioether (sulfide) groups is 1. The molecule has 2 aromatic rings. The van der Waals surface area contributed by atoms with E-state index < -0.39 is 6.04 Å². The first-order chi connectivity index (χ1) is 8.69. The van der Waals surface area contributed by atoms with Crippen molar-refractivity contribution in [2.45, 2.75) is 16.7 Å². The summed E-state index contributed by atoms with van der Waals surface area (Å²) in [6, 6.07) is 5.60. The van der Waals surface area contributed by atoms with Gasteiger partial charge in [-0.3, -0.25) is 0 Å². The van der Waals surface area contributed by atoms with Gasteiger partial charge in [0.1, 0.15) is 11.9 Å². The maximum Gasteiger partial charge on any atom is 0.245 e. The molecule has 0 bridgehead atoms. The van der Waals surface area contributed by atoms with Crippen LogP contribution < -0.4 is 5.73 Å². The van der Waals surface area contributed by atoms with Gasteiger partial charge in [0.25, 0.3) is 0 Å². The Morgan fingerprint density at radius 1 is 1.50 bits per heavy atom. The average Bonchev–Trinajstić information content (AvgIpc) is 2.84. The second kappa shape index (κ2) is 5.94. The molecule has 2 rings (SSSR count). The van der Waals surface area contributed by atoms with Gasteiger partial charge in [-0.25, -0.2) is 4.39 Å². The maximum absolute atomic E-state index is 12.9. The Morgan fingerprint density at radius 3 is 3.06 bits per heavy atom. The fourth-order valence-corrected chi connectivity index (χ4v) is 2.04. The summed E-state index contributed by atoms with van der Waals surface area (Å²) in [5, 5.41) is 12.6. The fraction of sp³-hybridized carbons (Fsp3) is 0.273. The van der Waals surface area contributed by atoms with E-state index in [4.69, 9.17) is 15.4 Å². The molecule has 0 aliphatic rings. The van der Waals surface area contributed by atoms with Crippen LogP contribution in [0.15, 0.2) is 33.7 Å². The molecule has 1 aromatic carbocycles. The van der Waals surface area contributed by atoms with Crippen molar-refractivity contribution in [1.82, 2.24) is 10.1 Å². The number of aliphatic hydroxyl groups is 1. The van der Waals surface area contributed by atoms with Crippen molar-refractivity contribution in [2.24, 2.45) is 5.73 Å². The first-order valence-corrected chi connectivity index (χ1v) is 6.25. The van der Waals surface area contributed by atoms with Gasteiger partial charge in [-0.1, -0.05) is 11.2 Å². The topological polar surface area (TPSA) is 85.2 Å². The van der Waals surface area contributed by atoms with Gasteiger partial charge in [-0.05, 0) is 18.2 Å². The van der Waals surface area contributed by atoms with E-state index in [9.17, 15) is 4.39 Å². The van der Waals surface area contributed by atoms with Crippen LogP contribution in [-0.4, -0.2) is 21.9 Å². The number of halogens is 1. The minimum Gasteiger partial charge on any atom is -0.394 e. The summed E-state index contributed by atoms with van der Waals surface area (Å²) in [6.07, 6.45) is 0. The predicted octanol–water partition coefficient (Wildman–Crippen LogP) is 1.49. The zero-order valence-electron chi connectivity index (χ0n) is 9.41. The Hall–Kier alpha value is -1.44. The summed E-state index contributed by atoms with van der Waals surface area (Å²) in [5.74, 6) is 0.831. The highest BCUT2D eigenvalue weighted by molar-refractivity contribution is 7.98. The smallest absolute Gasteiger partial charge is 0.245 e. The van der Waals surface area contributed by atoms with Crippen molar-refractivity contribution in [3.8, 4) is 0 Å². The van der Waals surface area contributed by atoms with Crippen molar-refractivity contribution in [3.05, 3.63) is 41.8 Å². The second-order valence-electron chi connectivity index (χ2n) is 3.58. The highest BCUT2D eigenvalue weighted by atomic mass is 32.2. The molecular weight excluding hydrogens is 257 g/mol. The van der Waals surface area contributed by atoms with Gasteiger partial charge in [0.2, 0.25) is 5.89 Å². The Labute approximate surface area is 107 Å². The lowest BCUT2D eigenvalue weighted by Gasteiger charge is -1.99. The van der Waals surface area contributed by atoms with Crippen LogP contribution in [0.1, 0.15) is 17.8 Å². The third kappa shape index (κ3) is 3.28. The SMILES string of the molecule is N[C@H](CO)c1nc(CSc2cccc(F)c2)no1. The number of benzene rings is 1. The first kappa shape index (κ1) is 13.0. The summed E-state index contributed by atoms with van der Waals surface area (Å²) in [4.78, 5) is 4.83. The number of nitrogens with zero attached hydrogens (tertiary/aromatic N) is 2. The molecule has 1 aromatic heterocycles. The summed E-state index contributed by atoms with van der Waals surface area (Å²) in [7, 11) is 0. The molecule has 5 nitrogen and oxygen atoms in total. The molecule has 0 unspecified atom stereocenters. The second-order valence-corrected chi connectivity index (χ2v) is 4.63. The van der Waals surface area contributed by atoms with E-state index in [1.54, 1.807) is 12.1 Å². The van der Waals surface area contributed by atoms with E-state index in [0.717, 1.165) is 4.90 Å². The zero-order valence-corrected chi connectivity index (χ0v) is 10.2. The Bertz CT molecular complexity index is 520. The van der Waals surface area contributed by atoms with Crippen LogP contribution in [0.3, 0.4) is 0 Å². The van der Waals surface area contributed by atoms with Crippen molar-refractivity contribution >= 4 is 11.8 Å². The molecule has 0 spiro atoms. The zero-order chi connectivity index (χ0) is 13.0. The van der Waals surface area contributed by atoms with Crippen LogP contribution >= 0.6 is 11.8 Å². The predicted molar refractivity (Wildman–Crippen MR) is 64.3 cm³/mol. The van der Waals surface area contributed by atoms with Crippen LogP contribution in [0, 0.1) is 5.82 Å². The molecule has 1 atom stereocenters. The van der Waals surface area contributed by atoms with Gasteiger partial charge >= 0.3 is 0 Å². The summed E-state index contributed by atoms with van der Waals surface area (Å²) >= 11 is 1.39. The highest BCUT2D eigenvalue weighted by Gasteiger charge is 2.13. The normalized spacial score (nSPS) is 12.6. The lowest BCUT2D eigenvalue weighted by atomic mass is 10.3. The molecule has 96 valence electrons. The van der Waals surface area contributed by atoms with Crippen molar-refractivity contribution in [2.75, 3.05) is 6.61 Å². The largest absolute Gasteiger partial charge is 0.394 e. The van der Waals surface area contributed by atoms with Gasteiger partial charge in [0.15, 0.2) is 5.82 Å². The average molecular weight is 269 g/mol. The van der Waals surface area contributed by atoms with Crippen molar-refractivity contribution in [3.63, 3.8) is 0 Å². The van der Waals surface area contributed by atoms with E-state index >= 15 is 0 Å². The van der Waals surface area contributed by atoms with E-state index in [1.165, 1.54) is 23.9 Å². The molecule has 0 fully saturated rings. The van der Waals surface area contributed by atoms with Gasteiger partial charge in [0.05, 0.1) is 12.4 Å². The van der Waals surface area contributed by atoms with Crippen molar-refractivity contribution in [1.29, 1.82) is 0 Å². The maximum atomic E-state index is 12.9. The Balaban J connectivity index is 1.96. The third-order valence-corrected chi connectivity index (χ3v) is 3.15. The Morgan fingerprint density at radius 2 is 2.33 bits per heavy atom. The minimum atomic E-state index is -0.662. The summed E-state index contributed by atoms with van der Waals surface area (Å²) < 4.78 is 17.8. The molecule has 0 radical (unpaired) electrons. The number of nitrogens with two attached hydrogens (primary N) is 1. The third-order valence-electron chi connectivity index (χ3n) is 2.16. The van der Waals surface area contributed by atoms with E-state index in [1.807, 2.05) is 0 Å². The first-order valence-electron chi connectivity index (χ1n) is 5.26. The van der Waals surface area contributed by atoms with Gasteiger partial charge in [0, 0.05) is 4.90 Å². The minimum absolute atomic E-state index is 0.201. The molecule has 3 N–H and O–H groups in total. The molecule has 0 aliphatic heterocycles. The highest BCUT2D eigenvalue weighted by Crippen LogP contribution is 2.22. The van der Waals surface area contributed by atoms with E-state index in [2.05, 4.69) is 10.1 Å². The molecule has 0 aliphatic carbocycles. The molecule has 18 heavy (non-hydrogen) atoms. The molecule has 0 saturated heterocycles. The fourth-order valence-electron chi connectivity index (χ4n) is 1.26. The van der Waals surface area contributed by atoms with Gasteiger partial charge in [-0.2, -0.15) is 4.98 Å². The van der Waals surface area contributed by atoms with Gasteiger partial charge < -0.3 is 15.4 Å².